The van der Waals surface area contributed by atoms with Gasteiger partial charge in [0.25, 0.3) is 0 Å². The Hall–Kier alpha value is -1.06. The second-order valence-electron chi connectivity index (χ2n) is 5.33. The predicted molar refractivity (Wildman–Crippen MR) is 75.0 cm³/mol. The topological polar surface area (TPSA) is 44.5 Å². The summed E-state index contributed by atoms with van der Waals surface area (Å²) in [6.07, 6.45) is 0.862. The van der Waals surface area contributed by atoms with E-state index in [0.717, 1.165) is 28.9 Å². The van der Waals surface area contributed by atoms with E-state index in [1.165, 1.54) is 0 Å². The molecule has 3 nitrogen and oxygen atoms in total. The van der Waals surface area contributed by atoms with E-state index in [2.05, 4.69) is 39.8 Å². The number of rotatable bonds is 6. The second-order valence-corrected chi connectivity index (χ2v) is 5.33. The molecule has 2 N–H and O–H groups in total. The minimum atomic E-state index is -0.140. The molecule has 0 aromatic heterocycles. The summed E-state index contributed by atoms with van der Waals surface area (Å²) in [6.45, 7) is 9.47. The average Bonchev–Trinajstić information content (AvgIpc) is 2.32. The fraction of sp³-hybridized carbons (Fsp3) is 0.600. The summed E-state index contributed by atoms with van der Waals surface area (Å²) in [6, 6.07) is 4.17. The van der Waals surface area contributed by atoms with Gasteiger partial charge in [-0.1, -0.05) is 12.1 Å². The van der Waals surface area contributed by atoms with Crippen molar-refractivity contribution in [1.29, 1.82) is 0 Å². The average molecular weight is 251 g/mol. The summed E-state index contributed by atoms with van der Waals surface area (Å²) in [5.41, 5.74) is 8.95. The van der Waals surface area contributed by atoms with Gasteiger partial charge in [-0.25, -0.2) is 0 Å². The van der Waals surface area contributed by atoms with Crippen LogP contribution in [0.3, 0.4) is 0 Å². The monoisotopic (exact) mass is 251 g/mol. The molecule has 102 valence electrons. The first-order valence-corrected chi connectivity index (χ1v) is 6.38. The number of nitrogens with two attached hydrogens (primary N) is 1. The molecule has 0 saturated heterocycles. The van der Waals surface area contributed by atoms with Crippen LogP contribution in [0.25, 0.3) is 0 Å². The van der Waals surface area contributed by atoms with Crippen LogP contribution in [0, 0.1) is 13.8 Å². The van der Waals surface area contributed by atoms with Gasteiger partial charge in [0.1, 0.15) is 5.75 Å². The molecule has 0 atom stereocenters. The van der Waals surface area contributed by atoms with E-state index in [-0.39, 0.29) is 5.60 Å². The minimum Gasteiger partial charge on any atom is -0.493 e. The van der Waals surface area contributed by atoms with E-state index < -0.39 is 0 Å². The van der Waals surface area contributed by atoms with E-state index in [0.29, 0.717) is 13.2 Å². The normalized spacial score (nSPS) is 11.7. The van der Waals surface area contributed by atoms with Crippen LogP contribution >= 0.6 is 0 Å². The van der Waals surface area contributed by atoms with E-state index in [9.17, 15) is 0 Å². The SMILES string of the molecule is COC(C)(C)CCOc1c(C)cc(CN)cc1C. The summed E-state index contributed by atoms with van der Waals surface area (Å²) < 4.78 is 11.3. The maximum absolute atomic E-state index is 5.88. The molecule has 0 unspecified atom stereocenters. The van der Waals surface area contributed by atoms with E-state index in [1.807, 2.05) is 0 Å². The zero-order chi connectivity index (χ0) is 13.8. The molecule has 0 aliphatic heterocycles. The number of methoxy groups -OCH3 is 1. The Morgan fingerprint density at radius 1 is 1.17 bits per heavy atom. The molecular formula is C15H25NO2. The van der Waals surface area contributed by atoms with Gasteiger partial charge in [0.05, 0.1) is 12.2 Å². The van der Waals surface area contributed by atoms with Crippen molar-refractivity contribution in [2.24, 2.45) is 5.73 Å². The Kier molecular flexibility index (Phi) is 5.17. The zero-order valence-electron chi connectivity index (χ0n) is 12.2. The van der Waals surface area contributed by atoms with Crippen LogP contribution in [0.5, 0.6) is 5.75 Å². The number of aryl methyl sites for hydroxylation is 2. The van der Waals surface area contributed by atoms with Crippen molar-refractivity contribution in [3.8, 4) is 5.75 Å². The van der Waals surface area contributed by atoms with Gasteiger partial charge in [0, 0.05) is 20.1 Å². The van der Waals surface area contributed by atoms with Crippen LogP contribution in [0.1, 0.15) is 37.0 Å². The fourth-order valence-electron chi connectivity index (χ4n) is 1.89. The first-order valence-electron chi connectivity index (χ1n) is 6.38. The molecule has 3 heteroatoms. The van der Waals surface area contributed by atoms with Gasteiger partial charge in [0.2, 0.25) is 0 Å². The van der Waals surface area contributed by atoms with E-state index >= 15 is 0 Å². The molecule has 0 bridgehead atoms. The predicted octanol–water partition coefficient (Wildman–Crippen LogP) is 2.96. The highest BCUT2D eigenvalue weighted by Crippen LogP contribution is 2.25. The molecule has 0 amide bonds. The molecular weight excluding hydrogens is 226 g/mol. The van der Waals surface area contributed by atoms with Crippen LogP contribution in [-0.4, -0.2) is 19.3 Å². The van der Waals surface area contributed by atoms with Crippen molar-refractivity contribution in [3.05, 3.63) is 28.8 Å². The maximum Gasteiger partial charge on any atom is 0.125 e. The number of hydrogen-bond acceptors (Lipinski definition) is 3. The number of benzene rings is 1. The Bertz CT molecular complexity index is 376. The third-order valence-electron chi connectivity index (χ3n) is 3.26. The molecule has 1 aromatic carbocycles. The van der Waals surface area contributed by atoms with Gasteiger partial charge < -0.3 is 15.2 Å². The van der Waals surface area contributed by atoms with Gasteiger partial charge in [-0.2, -0.15) is 0 Å². The van der Waals surface area contributed by atoms with Crippen LogP contribution in [0.15, 0.2) is 12.1 Å². The Balaban J connectivity index is 2.68. The van der Waals surface area contributed by atoms with Crippen LogP contribution in [0.4, 0.5) is 0 Å². The standard InChI is InChI=1S/C15H25NO2/c1-11-8-13(10-16)9-12(2)14(11)18-7-6-15(3,4)17-5/h8-9H,6-7,10,16H2,1-5H3. The highest BCUT2D eigenvalue weighted by Gasteiger charge is 2.16. The van der Waals surface area contributed by atoms with Gasteiger partial charge in [0.15, 0.2) is 0 Å². The van der Waals surface area contributed by atoms with Crippen LogP contribution in [-0.2, 0) is 11.3 Å². The molecule has 1 aromatic rings. The molecule has 0 saturated carbocycles. The minimum absolute atomic E-state index is 0.140. The second kappa shape index (κ2) is 6.21. The van der Waals surface area contributed by atoms with Crippen molar-refractivity contribution in [2.75, 3.05) is 13.7 Å². The van der Waals surface area contributed by atoms with Gasteiger partial charge >= 0.3 is 0 Å². The van der Waals surface area contributed by atoms with Gasteiger partial charge in [-0.3, -0.25) is 0 Å². The molecule has 0 heterocycles. The largest absolute Gasteiger partial charge is 0.493 e. The third-order valence-corrected chi connectivity index (χ3v) is 3.26. The molecule has 1 rings (SSSR count). The maximum atomic E-state index is 5.88. The Labute approximate surface area is 110 Å². The van der Waals surface area contributed by atoms with Gasteiger partial charge in [-0.05, 0) is 44.4 Å². The lowest BCUT2D eigenvalue weighted by molar-refractivity contribution is 0.00533. The van der Waals surface area contributed by atoms with Crippen LogP contribution < -0.4 is 10.5 Å². The van der Waals surface area contributed by atoms with Gasteiger partial charge in [-0.15, -0.1) is 0 Å². The third kappa shape index (κ3) is 4.00. The lowest BCUT2D eigenvalue weighted by atomic mass is 10.0. The summed E-state index contributed by atoms with van der Waals surface area (Å²) >= 11 is 0. The van der Waals surface area contributed by atoms with E-state index in [4.69, 9.17) is 15.2 Å². The van der Waals surface area contributed by atoms with Crippen LogP contribution in [0.2, 0.25) is 0 Å². The first-order chi connectivity index (χ1) is 8.39. The van der Waals surface area contributed by atoms with Crippen molar-refractivity contribution >= 4 is 0 Å². The lowest BCUT2D eigenvalue weighted by Gasteiger charge is -2.23. The molecule has 0 radical (unpaired) electrons. The fourth-order valence-corrected chi connectivity index (χ4v) is 1.89. The summed E-state index contributed by atoms with van der Waals surface area (Å²) in [5.74, 6) is 0.971. The number of hydrogen-bond donors (Lipinski definition) is 1. The summed E-state index contributed by atoms with van der Waals surface area (Å²) in [7, 11) is 1.73. The van der Waals surface area contributed by atoms with Crippen molar-refractivity contribution in [2.45, 2.75) is 46.3 Å². The molecule has 0 fully saturated rings. The zero-order valence-corrected chi connectivity index (χ0v) is 12.2. The lowest BCUT2D eigenvalue weighted by Crippen LogP contribution is -2.25. The van der Waals surface area contributed by atoms with E-state index in [1.54, 1.807) is 7.11 Å². The smallest absolute Gasteiger partial charge is 0.125 e. The number of ether oxygens (including phenoxy) is 2. The highest BCUT2D eigenvalue weighted by molar-refractivity contribution is 5.43. The van der Waals surface area contributed by atoms with Crippen molar-refractivity contribution in [1.82, 2.24) is 0 Å². The quantitative estimate of drug-likeness (QED) is 0.845. The summed E-state index contributed by atoms with van der Waals surface area (Å²) in [4.78, 5) is 0. The molecule has 18 heavy (non-hydrogen) atoms. The molecule has 0 aliphatic rings. The van der Waals surface area contributed by atoms with Crippen molar-refractivity contribution in [3.63, 3.8) is 0 Å². The highest BCUT2D eigenvalue weighted by atomic mass is 16.5. The first kappa shape index (κ1) is 15.0. The Morgan fingerprint density at radius 3 is 2.17 bits per heavy atom. The Morgan fingerprint density at radius 2 is 1.72 bits per heavy atom. The molecule has 0 aliphatic carbocycles. The molecule has 0 spiro atoms. The summed E-state index contributed by atoms with van der Waals surface area (Å²) in [5, 5.41) is 0. The van der Waals surface area contributed by atoms with Crippen molar-refractivity contribution < 1.29 is 9.47 Å².